The van der Waals surface area contributed by atoms with Crippen LogP contribution in [0.2, 0.25) is 0 Å². The minimum Gasteiger partial charge on any atom is -0.459 e. The van der Waals surface area contributed by atoms with Gasteiger partial charge in [0.15, 0.2) is 5.76 Å². The Kier molecular flexibility index (Phi) is 5.35. The van der Waals surface area contributed by atoms with Crippen molar-refractivity contribution in [3.05, 3.63) is 42.9 Å². The maximum atomic E-state index is 12.2. The first-order chi connectivity index (χ1) is 10.6. The lowest BCUT2D eigenvalue weighted by Gasteiger charge is -2.19. The molecule has 2 aromatic heterocycles. The molecular formula is C15H20N4O3. The number of aryl methyl sites for hydroxylation is 1. The summed E-state index contributed by atoms with van der Waals surface area (Å²) < 4.78 is 6.90. The van der Waals surface area contributed by atoms with Gasteiger partial charge < -0.3 is 19.6 Å². The van der Waals surface area contributed by atoms with Gasteiger partial charge in [-0.25, -0.2) is 4.98 Å². The Morgan fingerprint density at radius 3 is 2.77 bits per heavy atom. The van der Waals surface area contributed by atoms with Crippen molar-refractivity contribution in [3.63, 3.8) is 0 Å². The van der Waals surface area contributed by atoms with Crippen LogP contribution in [0.3, 0.4) is 0 Å². The van der Waals surface area contributed by atoms with Gasteiger partial charge in [-0.15, -0.1) is 0 Å². The Morgan fingerprint density at radius 2 is 2.18 bits per heavy atom. The van der Waals surface area contributed by atoms with Crippen molar-refractivity contribution in [3.8, 4) is 0 Å². The molecule has 0 fully saturated rings. The molecule has 0 aliphatic heterocycles. The number of hydrogen-bond donors (Lipinski definition) is 2. The van der Waals surface area contributed by atoms with Crippen molar-refractivity contribution in [1.29, 1.82) is 0 Å². The number of carbonyl (C=O) groups excluding carboxylic acids is 2. The Balaban J connectivity index is 2.00. The summed E-state index contributed by atoms with van der Waals surface area (Å²) in [6.45, 7) is 4.33. The van der Waals surface area contributed by atoms with Gasteiger partial charge in [-0.3, -0.25) is 9.59 Å². The van der Waals surface area contributed by atoms with Crippen molar-refractivity contribution < 1.29 is 14.0 Å². The predicted molar refractivity (Wildman–Crippen MR) is 80.1 cm³/mol. The third kappa shape index (κ3) is 4.47. The fourth-order valence-corrected chi connectivity index (χ4v) is 1.99. The fourth-order valence-electron chi connectivity index (χ4n) is 1.99. The van der Waals surface area contributed by atoms with E-state index in [1.807, 2.05) is 24.6 Å². The molecule has 2 amide bonds. The van der Waals surface area contributed by atoms with Crippen LogP contribution in [0.15, 0.2) is 41.5 Å². The van der Waals surface area contributed by atoms with Gasteiger partial charge in [0.05, 0.1) is 12.6 Å². The normalized spacial score (nSPS) is 12.1. The molecule has 0 aliphatic rings. The van der Waals surface area contributed by atoms with E-state index in [1.165, 1.54) is 6.26 Å². The summed E-state index contributed by atoms with van der Waals surface area (Å²) in [5.41, 5.74) is 0. The molecule has 0 aliphatic carbocycles. The van der Waals surface area contributed by atoms with E-state index in [1.54, 1.807) is 24.7 Å². The number of nitrogens with one attached hydrogen (secondary N) is 2. The SMILES string of the molecule is CC(C)NC(=O)[C@H](CCn1ccnc1)NC(=O)c1ccco1. The molecule has 2 N–H and O–H groups in total. The number of amides is 2. The summed E-state index contributed by atoms with van der Waals surface area (Å²) in [4.78, 5) is 28.3. The molecular weight excluding hydrogens is 284 g/mol. The summed E-state index contributed by atoms with van der Waals surface area (Å²) in [6, 6.07) is 2.55. The zero-order valence-corrected chi connectivity index (χ0v) is 12.7. The summed E-state index contributed by atoms with van der Waals surface area (Å²) in [5, 5.41) is 5.52. The Bertz CT molecular complexity index is 590. The van der Waals surface area contributed by atoms with Crippen molar-refractivity contribution in [2.24, 2.45) is 0 Å². The van der Waals surface area contributed by atoms with Gasteiger partial charge in [0.25, 0.3) is 5.91 Å². The zero-order valence-electron chi connectivity index (χ0n) is 12.7. The molecule has 22 heavy (non-hydrogen) atoms. The third-order valence-electron chi connectivity index (χ3n) is 3.03. The van der Waals surface area contributed by atoms with Crippen molar-refractivity contribution in [2.45, 2.75) is 38.9 Å². The molecule has 0 radical (unpaired) electrons. The van der Waals surface area contributed by atoms with Gasteiger partial charge >= 0.3 is 0 Å². The first-order valence-corrected chi connectivity index (χ1v) is 7.16. The van der Waals surface area contributed by atoms with Crippen molar-refractivity contribution >= 4 is 11.8 Å². The maximum absolute atomic E-state index is 12.2. The lowest BCUT2D eigenvalue weighted by molar-refractivity contribution is -0.123. The number of rotatable bonds is 7. The highest BCUT2D eigenvalue weighted by atomic mass is 16.3. The second kappa shape index (κ2) is 7.44. The second-order valence-corrected chi connectivity index (χ2v) is 5.26. The topological polar surface area (TPSA) is 89.2 Å². The van der Waals surface area contributed by atoms with Gasteiger partial charge in [0.2, 0.25) is 5.91 Å². The highest BCUT2D eigenvalue weighted by Crippen LogP contribution is 2.04. The van der Waals surface area contributed by atoms with Crippen LogP contribution in [0.5, 0.6) is 0 Å². The maximum Gasteiger partial charge on any atom is 0.287 e. The van der Waals surface area contributed by atoms with Crippen molar-refractivity contribution in [1.82, 2.24) is 20.2 Å². The van der Waals surface area contributed by atoms with E-state index in [0.29, 0.717) is 13.0 Å². The Labute approximate surface area is 128 Å². The fraction of sp³-hybridized carbons (Fsp3) is 0.400. The Morgan fingerprint density at radius 1 is 1.36 bits per heavy atom. The molecule has 2 heterocycles. The van der Waals surface area contributed by atoms with Crippen LogP contribution >= 0.6 is 0 Å². The quantitative estimate of drug-likeness (QED) is 0.804. The van der Waals surface area contributed by atoms with Gasteiger partial charge in [-0.1, -0.05) is 0 Å². The van der Waals surface area contributed by atoms with Crippen LogP contribution < -0.4 is 10.6 Å². The second-order valence-electron chi connectivity index (χ2n) is 5.26. The molecule has 0 aromatic carbocycles. The van der Waals surface area contributed by atoms with E-state index in [-0.39, 0.29) is 17.7 Å². The van der Waals surface area contributed by atoms with E-state index in [2.05, 4.69) is 15.6 Å². The van der Waals surface area contributed by atoms with Gasteiger partial charge in [-0.2, -0.15) is 0 Å². The van der Waals surface area contributed by atoms with E-state index in [0.717, 1.165) is 0 Å². The Hall–Kier alpha value is -2.57. The van der Waals surface area contributed by atoms with Crippen LogP contribution in [-0.2, 0) is 11.3 Å². The summed E-state index contributed by atoms with van der Waals surface area (Å²) in [6.07, 6.45) is 7.03. The summed E-state index contributed by atoms with van der Waals surface area (Å²) >= 11 is 0. The molecule has 7 heteroatoms. The molecule has 118 valence electrons. The first kappa shape index (κ1) is 15.8. The minimum absolute atomic E-state index is 0.00348. The number of imidazole rings is 1. The average Bonchev–Trinajstić information content (AvgIpc) is 3.14. The molecule has 0 bridgehead atoms. The van der Waals surface area contributed by atoms with Gasteiger partial charge in [-0.05, 0) is 32.4 Å². The molecule has 0 saturated carbocycles. The minimum atomic E-state index is -0.637. The van der Waals surface area contributed by atoms with Crippen LogP contribution in [-0.4, -0.2) is 33.4 Å². The van der Waals surface area contributed by atoms with Crippen LogP contribution in [0, 0.1) is 0 Å². The molecule has 0 saturated heterocycles. The van der Waals surface area contributed by atoms with Crippen molar-refractivity contribution in [2.75, 3.05) is 0 Å². The molecule has 7 nitrogen and oxygen atoms in total. The average molecular weight is 304 g/mol. The summed E-state index contributed by atoms with van der Waals surface area (Å²) in [5.74, 6) is -0.431. The van der Waals surface area contributed by atoms with Crippen LogP contribution in [0.1, 0.15) is 30.8 Å². The van der Waals surface area contributed by atoms with Gasteiger partial charge in [0.1, 0.15) is 6.04 Å². The number of carbonyl (C=O) groups is 2. The van der Waals surface area contributed by atoms with E-state index >= 15 is 0 Å². The van der Waals surface area contributed by atoms with E-state index in [9.17, 15) is 9.59 Å². The number of furan rings is 1. The van der Waals surface area contributed by atoms with E-state index < -0.39 is 11.9 Å². The highest BCUT2D eigenvalue weighted by Gasteiger charge is 2.22. The molecule has 2 rings (SSSR count). The van der Waals surface area contributed by atoms with Crippen LogP contribution in [0.25, 0.3) is 0 Å². The molecule has 2 aromatic rings. The predicted octanol–water partition coefficient (Wildman–Crippen LogP) is 1.19. The molecule has 0 unspecified atom stereocenters. The number of hydrogen-bond acceptors (Lipinski definition) is 4. The number of aromatic nitrogens is 2. The zero-order chi connectivity index (χ0) is 15.9. The monoisotopic (exact) mass is 304 g/mol. The first-order valence-electron chi connectivity index (χ1n) is 7.16. The van der Waals surface area contributed by atoms with Gasteiger partial charge in [0, 0.05) is 25.0 Å². The molecule has 0 spiro atoms. The van der Waals surface area contributed by atoms with Crippen LogP contribution in [0.4, 0.5) is 0 Å². The molecule has 1 atom stereocenters. The lowest BCUT2D eigenvalue weighted by Crippen LogP contribution is -2.48. The highest BCUT2D eigenvalue weighted by molar-refractivity contribution is 5.95. The number of nitrogens with zero attached hydrogens (tertiary/aromatic N) is 2. The summed E-state index contributed by atoms with van der Waals surface area (Å²) in [7, 11) is 0. The standard InChI is InChI=1S/C15H20N4O3/c1-11(2)17-14(20)12(5-7-19-8-6-16-10-19)18-15(21)13-4-3-9-22-13/h3-4,6,8-12H,5,7H2,1-2H3,(H,17,20)(H,18,21)/t12-/m0/s1. The van der Waals surface area contributed by atoms with E-state index in [4.69, 9.17) is 4.42 Å². The lowest BCUT2D eigenvalue weighted by atomic mass is 10.1. The smallest absolute Gasteiger partial charge is 0.287 e. The third-order valence-corrected chi connectivity index (χ3v) is 3.03. The largest absolute Gasteiger partial charge is 0.459 e.